The SMILES string of the molecule is COc1ccc(NS(=O)(=O)NC(=O)[C@]23CC(=O)[C@@H]4CCCN4C(=O)[C@@H](NC(=O)OC(C)(C)C)CCCCC/C=C\[C@@H]2C3)cc1. The van der Waals surface area contributed by atoms with Gasteiger partial charge in [0.2, 0.25) is 11.8 Å². The number of Topliss-reactive ketones (excluding diaryl/α,β-unsaturated/α-hetero) is 1. The maximum absolute atomic E-state index is 13.8. The van der Waals surface area contributed by atoms with E-state index in [-0.39, 0.29) is 29.7 Å². The van der Waals surface area contributed by atoms with Crippen molar-refractivity contribution in [2.24, 2.45) is 11.3 Å². The van der Waals surface area contributed by atoms with E-state index in [1.54, 1.807) is 32.9 Å². The van der Waals surface area contributed by atoms with E-state index >= 15 is 0 Å². The lowest BCUT2D eigenvalue weighted by atomic mass is 9.91. The molecule has 13 heteroatoms. The molecule has 12 nitrogen and oxygen atoms in total. The van der Waals surface area contributed by atoms with Crippen molar-refractivity contribution < 1.29 is 37.1 Å². The third-order valence-corrected chi connectivity index (χ3v) is 9.23. The van der Waals surface area contributed by atoms with Crippen molar-refractivity contribution in [2.75, 3.05) is 18.4 Å². The third kappa shape index (κ3) is 8.52. The van der Waals surface area contributed by atoms with Gasteiger partial charge >= 0.3 is 16.3 Å². The summed E-state index contributed by atoms with van der Waals surface area (Å²) < 4.78 is 40.8. The Morgan fingerprint density at radius 1 is 1.02 bits per heavy atom. The molecule has 1 aliphatic carbocycles. The van der Waals surface area contributed by atoms with Crippen LogP contribution >= 0.6 is 0 Å². The highest BCUT2D eigenvalue weighted by Crippen LogP contribution is 2.57. The van der Waals surface area contributed by atoms with Crippen LogP contribution < -0.4 is 19.5 Å². The normalized spacial score (nSPS) is 27.1. The minimum atomic E-state index is -4.30. The fraction of sp³-hybridized carbons (Fsp3) is 0.613. The predicted molar refractivity (Wildman–Crippen MR) is 164 cm³/mol. The van der Waals surface area contributed by atoms with Crippen LogP contribution in [0.4, 0.5) is 10.5 Å². The van der Waals surface area contributed by atoms with Gasteiger partial charge in [0.05, 0.1) is 24.3 Å². The maximum atomic E-state index is 13.8. The average molecular weight is 633 g/mol. The first-order chi connectivity index (χ1) is 20.7. The summed E-state index contributed by atoms with van der Waals surface area (Å²) in [6, 6.07) is 4.57. The van der Waals surface area contributed by atoms with Crippen LogP contribution in [-0.2, 0) is 29.3 Å². The summed E-state index contributed by atoms with van der Waals surface area (Å²) in [6.45, 7) is 5.58. The van der Waals surface area contributed by atoms with E-state index < -0.39 is 45.3 Å². The molecule has 4 atom stereocenters. The minimum Gasteiger partial charge on any atom is -0.497 e. The lowest BCUT2D eigenvalue weighted by Crippen LogP contribution is -2.53. The predicted octanol–water partition coefficient (Wildman–Crippen LogP) is 3.84. The van der Waals surface area contributed by atoms with Crippen LogP contribution in [0.25, 0.3) is 0 Å². The lowest BCUT2D eigenvalue weighted by Gasteiger charge is -2.30. The zero-order chi connectivity index (χ0) is 32.1. The van der Waals surface area contributed by atoms with Gasteiger partial charge in [-0.1, -0.05) is 25.0 Å². The van der Waals surface area contributed by atoms with Gasteiger partial charge in [-0.05, 0) is 89.5 Å². The van der Waals surface area contributed by atoms with Crippen LogP contribution in [0, 0.1) is 11.3 Å². The number of ketones is 1. The Kier molecular flexibility index (Phi) is 10.3. The number of rotatable bonds is 6. The topological polar surface area (TPSA) is 160 Å². The number of nitrogens with zero attached hydrogens (tertiary/aromatic N) is 1. The van der Waals surface area contributed by atoms with E-state index in [0.29, 0.717) is 44.4 Å². The van der Waals surface area contributed by atoms with Crippen molar-refractivity contribution in [2.45, 2.75) is 96.2 Å². The van der Waals surface area contributed by atoms with E-state index in [9.17, 15) is 27.6 Å². The molecule has 44 heavy (non-hydrogen) atoms. The van der Waals surface area contributed by atoms with Gasteiger partial charge in [0, 0.05) is 13.0 Å². The van der Waals surface area contributed by atoms with Crippen LogP contribution in [0.1, 0.15) is 78.6 Å². The fourth-order valence-corrected chi connectivity index (χ4v) is 6.89. The Bertz CT molecular complexity index is 1370. The molecule has 1 aromatic rings. The van der Waals surface area contributed by atoms with Crippen molar-refractivity contribution in [3.63, 3.8) is 0 Å². The van der Waals surface area contributed by atoms with Crippen molar-refractivity contribution in [3.8, 4) is 5.75 Å². The number of carbonyl (C=O) groups excluding carboxylic acids is 4. The van der Waals surface area contributed by atoms with E-state index in [1.165, 1.54) is 24.1 Å². The number of hydrogen-bond donors (Lipinski definition) is 3. The van der Waals surface area contributed by atoms with E-state index in [0.717, 1.165) is 19.3 Å². The molecule has 2 fully saturated rings. The fourth-order valence-electron chi connectivity index (χ4n) is 5.94. The largest absolute Gasteiger partial charge is 0.497 e. The number of nitrogens with one attached hydrogen (secondary N) is 3. The highest BCUT2D eigenvalue weighted by Gasteiger charge is 2.61. The molecule has 3 N–H and O–H groups in total. The van der Waals surface area contributed by atoms with Gasteiger partial charge in [0.15, 0.2) is 5.78 Å². The molecule has 2 heterocycles. The molecule has 0 radical (unpaired) electrons. The summed E-state index contributed by atoms with van der Waals surface area (Å²) in [5.74, 6) is -1.17. The summed E-state index contributed by atoms with van der Waals surface area (Å²) in [7, 11) is -2.80. The smallest absolute Gasteiger partial charge is 0.408 e. The van der Waals surface area contributed by atoms with E-state index in [4.69, 9.17) is 9.47 Å². The molecule has 1 saturated carbocycles. The van der Waals surface area contributed by atoms with Crippen molar-refractivity contribution in [1.29, 1.82) is 0 Å². The van der Waals surface area contributed by atoms with Gasteiger partial charge in [-0.25, -0.2) is 9.52 Å². The van der Waals surface area contributed by atoms with Gasteiger partial charge in [-0.3, -0.25) is 19.1 Å². The standard InChI is InChI=1S/C31H44N4O8S/c1-30(2,3)43-29(39)32-24-12-9-7-5-6-8-11-21-19-31(21,20-26(36)25-13-10-18-35(25)27(24)37)28(38)34-44(40,41)33-22-14-16-23(42-4)17-15-22/h8,11,14-17,21,24-25,33H,5-7,9-10,12-13,18-20H2,1-4H3,(H,32,39)(H,34,38)/b11-8-/t21-,24+,25+,31-/m1/s1. The number of benzene rings is 1. The summed E-state index contributed by atoms with van der Waals surface area (Å²) in [6.07, 6.45) is 7.81. The number of allylic oxidation sites excluding steroid dienone is 2. The second kappa shape index (κ2) is 13.6. The van der Waals surface area contributed by atoms with Gasteiger partial charge in [0.1, 0.15) is 17.4 Å². The number of anilines is 1. The number of hydrogen-bond acceptors (Lipinski definition) is 8. The first-order valence-electron chi connectivity index (χ1n) is 15.2. The Hall–Kier alpha value is -3.61. The first kappa shape index (κ1) is 33.3. The van der Waals surface area contributed by atoms with Crippen molar-refractivity contribution in [1.82, 2.24) is 14.9 Å². The molecule has 0 aromatic heterocycles. The molecule has 1 aromatic carbocycles. The summed E-state index contributed by atoms with van der Waals surface area (Å²) in [4.78, 5) is 55.2. The molecule has 1 saturated heterocycles. The van der Waals surface area contributed by atoms with Crippen LogP contribution in [-0.4, -0.2) is 68.3 Å². The van der Waals surface area contributed by atoms with E-state index in [1.807, 2.05) is 12.2 Å². The Labute approximate surface area is 259 Å². The summed E-state index contributed by atoms with van der Waals surface area (Å²) in [5.41, 5.74) is -1.74. The van der Waals surface area contributed by atoms with Crippen LogP contribution in [0.15, 0.2) is 36.4 Å². The van der Waals surface area contributed by atoms with Gasteiger partial charge in [-0.15, -0.1) is 0 Å². The number of ether oxygens (including phenoxy) is 2. The highest BCUT2D eigenvalue weighted by atomic mass is 32.2. The summed E-state index contributed by atoms with van der Waals surface area (Å²) >= 11 is 0. The second-order valence-electron chi connectivity index (χ2n) is 12.8. The van der Waals surface area contributed by atoms with Crippen LogP contribution in [0.3, 0.4) is 0 Å². The molecular weight excluding hydrogens is 588 g/mol. The van der Waals surface area contributed by atoms with Gasteiger partial charge < -0.3 is 19.7 Å². The Balaban J connectivity index is 1.52. The van der Waals surface area contributed by atoms with Crippen molar-refractivity contribution >= 4 is 39.6 Å². The number of alkyl carbamates (subject to hydrolysis) is 1. The number of amides is 3. The number of carbonyl (C=O) groups is 4. The van der Waals surface area contributed by atoms with Crippen LogP contribution in [0.5, 0.6) is 5.75 Å². The quantitative estimate of drug-likeness (QED) is 0.399. The third-order valence-electron chi connectivity index (χ3n) is 8.27. The summed E-state index contributed by atoms with van der Waals surface area (Å²) in [5, 5.41) is 2.72. The Morgan fingerprint density at radius 2 is 1.75 bits per heavy atom. The average Bonchev–Trinajstić information content (AvgIpc) is 3.40. The first-order valence-corrected chi connectivity index (χ1v) is 16.7. The molecule has 0 unspecified atom stereocenters. The molecule has 4 rings (SSSR count). The molecule has 2 aliphatic heterocycles. The Morgan fingerprint density at radius 3 is 2.43 bits per heavy atom. The van der Waals surface area contributed by atoms with Gasteiger partial charge in [-0.2, -0.15) is 8.42 Å². The zero-order valence-electron chi connectivity index (χ0n) is 25.9. The monoisotopic (exact) mass is 632 g/mol. The molecule has 3 amide bonds. The molecule has 242 valence electrons. The molecule has 0 bridgehead atoms. The zero-order valence-corrected chi connectivity index (χ0v) is 26.7. The second-order valence-corrected chi connectivity index (χ2v) is 14.2. The molecule has 0 spiro atoms. The number of methoxy groups -OCH3 is 1. The van der Waals surface area contributed by atoms with Crippen LogP contribution in [0.2, 0.25) is 0 Å². The molecular formula is C31H44N4O8S. The van der Waals surface area contributed by atoms with E-state index in [2.05, 4.69) is 14.8 Å². The maximum Gasteiger partial charge on any atom is 0.408 e. The van der Waals surface area contributed by atoms with Gasteiger partial charge in [0.25, 0.3) is 0 Å². The lowest BCUT2D eigenvalue weighted by molar-refractivity contribution is -0.140. The molecule has 3 aliphatic rings. The number of fused-ring (bicyclic) bond motifs is 2. The highest BCUT2D eigenvalue weighted by molar-refractivity contribution is 7.91. The van der Waals surface area contributed by atoms with Crippen molar-refractivity contribution in [3.05, 3.63) is 36.4 Å². The minimum absolute atomic E-state index is 0.204.